The van der Waals surface area contributed by atoms with Gasteiger partial charge < -0.3 is 0 Å². The van der Waals surface area contributed by atoms with E-state index < -0.39 is 0 Å². The van der Waals surface area contributed by atoms with E-state index in [9.17, 15) is 4.79 Å². The molecule has 0 aromatic heterocycles. The van der Waals surface area contributed by atoms with Crippen molar-refractivity contribution < 1.29 is 4.79 Å². The second-order valence-corrected chi connectivity index (χ2v) is 6.37. The molecule has 1 aromatic rings. The van der Waals surface area contributed by atoms with Crippen LogP contribution in [0.2, 0.25) is 0 Å². The predicted molar refractivity (Wildman–Crippen MR) is 77.0 cm³/mol. The summed E-state index contributed by atoms with van der Waals surface area (Å²) >= 11 is 1.75. The molecule has 0 aliphatic heterocycles. The Morgan fingerprint density at radius 1 is 1.24 bits per heavy atom. The highest BCUT2D eigenvalue weighted by molar-refractivity contribution is 8.00. The van der Waals surface area contributed by atoms with Crippen LogP contribution in [0.15, 0.2) is 18.2 Å². The number of hydrogen-bond donors (Lipinski definition) is 0. The van der Waals surface area contributed by atoms with Gasteiger partial charge in [0.1, 0.15) is 0 Å². The molecule has 0 N–H and O–H groups in total. The summed E-state index contributed by atoms with van der Waals surface area (Å²) in [5, 5.41) is 0.532. The van der Waals surface area contributed by atoms with Crippen molar-refractivity contribution in [3.8, 4) is 0 Å². The number of hydrogen-bond acceptors (Lipinski definition) is 2. The highest BCUT2D eigenvalue weighted by Gasteiger charge is 2.13. The number of rotatable bonds is 5. The minimum absolute atomic E-state index is 0.253. The van der Waals surface area contributed by atoms with Crippen molar-refractivity contribution in [2.75, 3.05) is 5.75 Å². The number of Topliss-reactive ketones (excluding diaryl/α,β-unsaturated/α-hetero) is 1. The summed E-state index contributed by atoms with van der Waals surface area (Å²) < 4.78 is 0. The molecular weight excluding hydrogens is 228 g/mol. The van der Waals surface area contributed by atoms with Gasteiger partial charge in [0.25, 0.3) is 0 Å². The summed E-state index contributed by atoms with van der Waals surface area (Å²) in [5.41, 5.74) is 3.12. The fourth-order valence-corrected chi connectivity index (χ4v) is 2.47. The molecule has 0 fully saturated rings. The Morgan fingerprint density at radius 2 is 1.88 bits per heavy atom. The standard InChI is InChI=1S/C15H22OS/c1-10(2)13(5)17-9-15(16)14-8-11(3)6-7-12(14)4/h6-8,10,13H,9H2,1-5H3. The lowest BCUT2D eigenvalue weighted by molar-refractivity contribution is 0.102. The third-order valence-electron chi connectivity index (χ3n) is 3.11. The lowest BCUT2D eigenvalue weighted by Crippen LogP contribution is -2.12. The van der Waals surface area contributed by atoms with Crippen molar-refractivity contribution in [3.05, 3.63) is 34.9 Å². The highest BCUT2D eigenvalue weighted by atomic mass is 32.2. The van der Waals surface area contributed by atoms with E-state index in [0.717, 1.165) is 16.7 Å². The third kappa shape index (κ3) is 4.19. The molecule has 94 valence electrons. The number of ketones is 1. The van der Waals surface area contributed by atoms with Crippen LogP contribution in [-0.2, 0) is 0 Å². The molecule has 0 amide bonds. The maximum absolute atomic E-state index is 12.1. The zero-order valence-electron chi connectivity index (χ0n) is 11.4. The zero-order valence-corrected chi connectivity index (χ0v) is 12.2. The van der Waals surface area contributed by atoms with Gasteiger partial charge in [-0.3, -0.25) is 4.79 Å². The third-order valence-corrected chi connectivity index (χ3v) is 4.61. The second kappa shape index (κ2) is 6.25. The first kappa shape index (κ1) is 14.3. The van der Waals surface area contributed by atoms with E-state index in [1.54, 1.807) is 11.8 Å². The van der Waals surface area contributed by atoms with Gasteiger partial charge in [-0.25, -0.2) is 0 Å². The van der Waals surface area contributed by atoms with Gasteiger partial charge in [0.2, 0.25) is 0 Å². The quantitative estimate of drug-likeness (QED) is 0.726. The fourth-order valence-electron chi connectivity index (χ4n) is 1.51. The molecule has 0 aliphatic rings. The second-order valence-electron chi connectivity index (χ2n) is 5.00. The first-order valence-electron chi connectivity index (χ1n) is 6.14. The van der Waals surface area contributed by atoms with Gasteiger partial charge in [-0.1, -0.05) is 38.5 Å². The predicted octanol–water partition coefficient (Wildman–Crippen LogP) is 4.26. The number of aryl methyl sites for hydroxylation is 2. The van der Waals surface area contributed by atoms with Crippen LogP contribution in [0.1, 0.15) is 42.3 Å². The van der Waals surface area contributed by atoms with Crippen LogP contribution < -0.4 is 0 Å². The summed E-state index contributed by atoms with van der Waals surface area (Å²) in [6.07, 6.45) is 0. The molecule has 1 unspecified atom stereocenters. The first-order valence-corrected chi connectivity index (χ1v) is 7.18. The largest absolute Gasteiger partial charge is 0.293 e. The Hall–Kier alpha value is -0.760. The van der Waals surface area contributed by atoms with Crippen LogP contribution in [0.25, 0.3) is 0 Å². The summed E-state index contributed by atoms with van der Waals surface area (Å²) in [6.45, 7) is 10.6. The van der Waals surface area contributed by atoms with Gasteiger partial charge in [0.15, 0.2) is 5.78 Å². The van der Waals surface area contributed by atoms with Crippen molar-refractivity contribution >= 4 is 17.5 Å². The van der Waals surface area contributed by atoms with Crippen molar-refractivity contribution in [1.82, 2.24) is 0 Å². The van der Waals surface area contributed by atoms with Crippen LogP contribution in [0.4, 0.5) is 0 Å². The first-order chi connectivity index (χ1) is 7.91. The molecule has 1 atom stereocenters. The summed E-state index contributed by atoms with van der Waals surface area (Å²) in [7, 11) is 0. The van der Waals surface area contributed by atoms with Crippen molar-refractivity contribution in [2.24, 2.45) is 5.92 Å². The van der Waals surface area contributed by atoms with Crippen molar-refractivity contribution in [3.63, 3.8) is 0 Å². The molecule has 2 heteroatoms. The van der Waals surface area contributed by atoms with E-state index in [1.807, 2.05) is 26.0 Å². The molecule has 17 heavy (non-hydrogen) atoms. The van der Waals surface area contributed by atoms with E-state index in [0.29, 0.717) is 16.9 Å². The summed E-state index contributed by atoms with van der Waals surface area (Å²) in [6, 6.07) is 6.08. The van der Waals surface area contributed by atoms with Gasteiger partial charge in [-0.15, -0.1) is 0 Å². The van der Waals surface area contributed by atoms with E-state index in [4.69, 9.17) is 0 Å². The normalized spacial score (nSPS) is 12.8. The molecular formula is C15H22OS. The topological polar surface area (TPSA) is 17.1 Å². The van der Waals surface area contributed by atoms with Crippen LogP contribution >= 0.6 is 11.8 Å². The monoisotopic (exact) mass is 250 g/mol. The average Bonchev–Trinajstić information content (AvgIpc) is 2.28. The van der Waals surface area contributed by atoms with Crippen LogP contribution in [0.3, 0.4) is 0 Å². The lowest BCUT2D eigenvalue weighted by atomic mass is 10.0. The zero-order chi connectivity index (χ0) is 13.0. The molecule has 0 radical (unpaired) electrons. The fraction of sp³-hybridized carbons (Fsp3) is 0.533. The Kier molecular flexibility index (Phi) is 5.26. The SMILES string of the molecule is Cc1ccc(C)c(C(=O)CSC(C)C(C)C)c1. The summed E-state index contributed by atoms with van der Waals surface area (Å²) in [5.74, 6) is 1.46. The Morgan fingerprint density at radius 3 is 2.47 bits per heavy atom. The minimum atomic E-state index is 0.253. The van der Waals surface area contributed by atoms with Crippen LogP contribution in [-0.4, -0.2) is 16.8 Å². The van der Waals surface area contributed by atoms with E-state index >= 15 is 0 Å². The molecule has 0 bridgehead atoms. The molecule has 0 saturated carbocycles. The number of thioether (sulfide) groups is 1. The van der Waals surface area contributed by atoms with E-state index in [-0.39, 0.29) is 5.78 Å². The van der Waals surface area contributed by atoms with Gasteiger partial charge in [-0.2, -0.15) is 11.8 Å². The number of carbonyl (C=O) groups is 1. The molecule has 0 spiro atoms. The lowest BCUT2D eigenvalue weighted by Gasteiger charge is -2.14. The van der Waals surface area contributed by atoms with Gasteiger partial charge in [0, 0.05) is 10.8 Å². The highest BCUT2D eigenvalue weighted by Crippen LogP contribution is 2.21. The molecule has 1 aromatic carbocycles. The van der Waals surface area contributed by atoms with Crippen molar-refractivity contribution in [1.29, 1.82) is 0 Å². The van der Waals surface area contributed by atoms with Crippen LogP contribution in [0.5, 0.6) is 0 Å². The maximum atomic E-state index is 12.1. The molecule has 0 saturated heterocycles. The molecule has 0 heterocycles. The van der Waals surface area contributed by atoms with Gasteiger partial charge in [-0.05, 0) is 31.4 Å². The van der Waals surface area contributed by atoms with Gasteiger partial charge >= 0.3 is 0 Å². The Labute approximate surface area is 109 Å². The van der Waals surface area contributed by atoms with Gasteiger partial charge in [0.05, 0.1) is 5.75 Å². The molecule has 1 nitrogen and oxygen atoms in total. The maximum Gasteiger partial charge on any atom is 0.173 e. The Balaban J connectivity index is 2.67. The minimum Gasteiger partial charge on any atom is -0.293 e. The average molecular weight is 250 g/mol. The number of benzene rings is 1. The molecule has 0 aliphatic carbocycles. The Bertz CT molecular complexity index is 396. The number of carbonyl (C=O) groups excluding carboxylic acids is 1. The van der Waals surface area contributed by atoms with E-state index in [2.05, 4.69) is 26.8 Å². The van der Waals surface area contributed by atoms with Crippen molar-refractivity contribution in [2.45, 2.75) is 39.9 Å². The molecule has 1 rings (SSSR count). The van der Waals surface area contributed by atoms with Crippen LogP contribution in [0, 0.1) is 19.8 Å². The summed E-state index contributed by atoms with van der Waals surface area (Å²) in [4.78, 5) is 12.1. The smallest absolute Gasteiger partial charge is 0.173 e. The van der Waals surface area contributed by atoms with E-state index in [1.165, 1.54) is 0 Å².